The fourth-order valence-corrected chi connectivity index (χ4v) is 1.95. The average molecular weight is 309 g/mol. The van der Waals surface area contributed by atoms with E-state index in [2.05, 4.69) is 21.2 Å². The highest BCUT2D eigenvalue weighted by molar-refractivity contribution is 9.10. The molecule has 1 aromatic heterocycles. The molecular weight excluding hydrogens is 296 g/mol. The van der Waals surface area contributed by atoms with Crippen molar-refractivity contribution in [3.63, 3.8) is 0 Å². The summed E-state index contributed by atoms with van der Waals surface area (Å²) in [6.07, 6.45) is 1.47. The van der Waals surface area contributed by atoms with E-state index in [1.54, 1.807) is 6.07 Å². The molecule has 0 aliphatic heterocycles. The van der Waals surface area contributed by atoms with Crippen LogP contribution in [0, 0.1) is 0 Å². The van der Waals surface area contributed by atoms with Crippen molar-refractivity contribution in [1.82, 2.24) is 5.32 Å². The van der Waals surface area contributed by atoms with Crippen LogP contribution in [0.15, 0.2) is 45.7 Å². The quantitative estimate of drug-likeness (QED) is 0.911. The Bertz CT molecular complexity index is 534. The third-order valence-corrected chi connectivity index (χ3v) is 3.19. The first-order chi connectivity index (χ1) is 8.70. The van der Waals surface area contributed by atoms with Crippen LogP contribution in [0.5, 0.6) is 0 Å². The molecule has 5 heteroatoms. The van der Waals surface area contributed by atoms with E-state index in [4.69, 9.17) is 10.2 Å². The van der Waals surface area contributed by atoms with Gasteiger partial charge in [0.25, 0.3) is 5.91 Å². The third kappa shape index (κ3) is 3.00. The van der Waals surface area contributed by atoms with Gasteiger partial charge in [-0.1, -0.05) is 24.3 Å². The SMILES string of the molecule is NCc1ccc(CNC(=O)c2ccoc2Br)cc1. The van der Waals surface area contributed by atoms with Gasteiger partial charge in [-0.3, -0.25) is 4.79 Å². The van der Waals surface area contributed by atoms with Crippen LogP contribution in [0.2, 0.25) is 0 Å². The lowest BCUT2D eigenvalue weighted by molar-refractivity contribution is 0.0949. The summed E-state index contributed by atoms with van der Waals surface area (Å²) < 4.78 is 5.45. The van der Waals surface area contributed by atoms with Crippen molar-refractivity contribution in [3.05, 3.63) is 58.0 Å². The number of carbonyl (C=O) groups excluding carboxylic acids is 1. The fourth-order valence-electron chi connectivity index (χ4n) is 1.53. The minimum absolute atomic E-state index is 0.168. The van der Waals surface area contributed by atoms with Gasteiger partial charge >= 0.3 is 0 Å². The Morgan fingerprint density at radius 3 is 2.44 bits per heavy atom. The van der Waals surface area contributed by atoms with Gasteiger partial charge in [0.2, 0.25) is 0 Å². The van der Waals surface area contributed by atoms with Gasteiger partial charge in [0.1, 0.15) is 0 Å². The lowest BCUT2D eigenvalue weighted by Crippen LogP contribution is -2.22. The topological polar surface area (TPSA) is 68.3 Å². The summed E-state index contributed by atoms with van der Waals surface area (Å²) in [6, 6.07) is 9.43. The van der Waals surface area contributed by atoms with Gasteiger partial charge in [0.15, 0.2) is 4.67 Å². The summed E-state index contributed by atoms with van der Waals surface area (Å²) in [5.74, 6) is -0.168. The summed E-state index contributed by atoms with van der Waals surface area (Å²) >= 11 is 3.17. The Labute approximate surface area is 113 Å². The van der Waals surface area contributed by atoms with Gasteiger partial charge in [-0.25, -0.2) is 0 Å². The molecule has 2 rings (SSSR count). The minimum Gasteiger partial charge on any atom is -0.457 e. The molecule has 0 bridgehead atoms. The van der Waals surface area contributed by atoms with E-state index < -0.39 is 0 Å². The number of nitrogens with one attached hydrogen (secondary N) is 1. The molecular formula is C13H13BrN2O2. The van der Waals surface area contributed by atoms with Crippen molar-refractivity contribution < 1.29 is 9.21 Å². The summed E-state index contributed by atoms with van der Waals surface area (Å²) in [7, 11) is 0. The molecule has 0 spiro atoms. The van der Waals surface area contributed by atoms with Crippen molar-refractivity contribution in [2.45, 2.75) is 13.1 Å². The van der Waals surface area contributed by atoms with Gasteiger partial charge < -0.3 is 15.5 Å². The van der Waals surface area contributed by atoms with Crippen LogP contribution >= 0.6 is 15.9 Å². The van der Waals surface area contributed by atoms with Gasteiger partial charge in [-0.05, 0) is 33.1 Å². The van der Waals surface area contributed by atoms with E-state index in [1.807, 2.05) is 24.3 Å². The lowest BCUT2D eigenvalue weighted by atomic mass is 10.1. The molecule has 4 nitrogen and oxygen atoms in total. The maximum absolute atomic E-state index is 11.8. The molecule has 0 unspecified atom stereocenters. The Kier molecular flexibility index (Phi) is 4.17. The number of rotatable bonds is 4. The van der Waals surface area contributed by atoms with Gasteiger partial charge in [0.05, 0.1) is 11.8 Å². The van der Waals surface area contributed by atoms with Crippen LogP contribution in [-0.2, 0) is 13.1 Å². The van der Waals surface area contributed by atoms with Crippen LogP contribution < -0.4 is 11.1 Å². The first-order valence-electron chi connectivity index (χ1n) is 5.50. The minimum atomic E-state index is -0.168. The highest BCUT2D eigenvalue weighted by Crippen LogP contribution is 2.17. The van der Waals surface area contributed by atoms with Gasteiger partial charge in [-0.15, -0.1) is 0 Å². The maximum atomic E-state index is 11.8. The van der Waals surface area contributed by atoms with E-state index >= 15 is 0 Å². The van der Waals surface area contributed by atoms with Crippen molar-refractivity contribution in [1.29, 1.82) is 0 Å². The third-order valence-electron chi connectivity index (χ3n) is 2.57. The monoisotopic (exact) mass is 308 g/mol. The first kappa shape index (κ1) is 12.9. The number of halogens is 1. The predicted octanol–water partition coefficient (Wildman–Crippen LogP) is 2.43. The molecule has 0 aliphatic carbocycles. The van der Waals surface area contributed by atoms with Crippen molar-refractivity contribution >= 4 is 21.8 Å². The normalized spacial score (nSPS) is 10.3. The van der Waals surface area contributed by atoms with Gasteiger partial charge in [-0.2, -0.15) is 0 Å². The van der Waals surface area contributed by atoms with Crippen LogP contribution in [0.3, 0.4) is 0 Å². The predicted molar refractivity (Wildman–Crippen MR) is 71.9 cm³/mol. The Morgan fingerprint density at radius 2 is 1.89 bits per heavy atom. The van der Waals surface area contributed by atoms with Crippen molar-refractivity contribution in [2.24, 2.45) is 5.73 Å². The summed E-state index contributed by atoms with van der Waals surface area (Å²) in [4.78, 5) is 11.8. The first-order valence-corrected chi connectivity index (χ1v) is 6.29. The number of nitrogens with two attached hydrogens (primary N) is 1. The molecule has 0 saturated heterocycles. The molecule has 2 aromatic rings. The smallest absolute Gasteiger partial charge is 0.256 e. The summed E-state index contributed by atoms with van der Waals surface area (Å²) in [5, 5.41) is 2.82. The van der Waals surface area contributed by atoms with Gasteiger partial charge in [0, 0.05) is 13.1 Å². The molecule has 1 heterocycles. The van der Waals surface area contributed by atoms with E-state index in [-0.39, 0.29) is 5.91 Å². The molecule has 1 amide bonds. The van der Waals surface area contributed by atoms with E-state index in [1.165, 1.54) is 6.26 Å². The number of furan rings is 1. The second-order valence-corrected chi connectivity index (χ2v) is 4.53. The van der Waals surface area contributed by atoms with Crippen LogP contribution in [0.25, 0.3) is 0 Å². The van der Waals surface area contributed by atoms with Crippen LogP contribution in [-0.4, -0.2) is 5.91 Å². The highest BCUT2D eigenvalue weighted by atomic mass is 79.9. The molecule has 94 valence electrons. The lowest BCUT2D eigenvalue weighted by Gasteiger charge is -2.05. The van der Waals surface area contributed by atoms with Crippen molar-refractivity contribution in [2.75, 3.05) is 0 Å². The second-order valence-electron chi connectivity index (χ2n) is 3.81. The molecule has 0 radical (unpaired) electrons. The largest absolute Gasteiger partial charge is 0.457 e. The van der Waals surface area contributed by atoms with Crippen molar-refractivity contribution in [3.8, 4) is 0 Å². The Balaban J connectivity index is 1.95. The van der Waals surface area contributed by atoms with E-state index in [9.17, 15) is 4.79 Å². The van der Waals surface area contributed by atoms with Crippen LogP contribution in [0.1, 0.15) is 21.5 Å². The summed E-state index contributed by atoms with van der Waals surface area (Å²) in [6.45, 7) is 0.996. The zero-order chi connectivity index (χ0) is 13.0. The number of hydrogen-bond acceptors (Lipinski definition) is 3. The van der Waals surface area contributed by atoms with E-state index in [0.29, 0.717) is 23.3 Å². The zero-order valence-corrected chi connectivity index (χ0v) is 11.2. The maximum Gasteiger partial charge on any atom is 0.256 e. The number of hydrogen-bond donors (Lipinski definition) is 2. The number of benzene rings is 1. The van der Waals surface area contributed by atoms with Crippen LogP contribution in [0.4, 0.5) is 0 Å². The fraction of sp³-hybridized carbons (Fsp3) is 0.154. The highest BCUT2D eigenvalue weighted by Gasteiger charge is 2.11. The molecule has 0 saturated carbocycles. The number of carbonyl (C=O) groups is 1. The molecule has 1 aromatic carbocycles. The zero-order valence-electron chi connectivity index (χ0n) is 9.65. The van der Waals surface area contributed by atoms with E-state index in [0.717, 1.165) is 11.1 Å². The standard InChI is InChI=1S/C13H13BrN2O2/c14-12-11(5-6-18-12)13(17)16-8-10-3-1-9(7-15)2-4-10/h1-6H,7-8,15H2,(H,16,17). The Morgan fingerprint density at radius 1 is 1.22 bits per heavy atom. The molecule has 18 heavy (non-hydrogen) atoms. The molecule has 0 atom stereocenters. The summed E-state index contributed by atoms with van der Waals surface area (Å²) in [5.41, 5.74) is 8.11. The Hall–Kier alpha value is -1.59. The second kappa shape index (κ2) is 5.84. The molecule has 3 N–H and O–H groups in total. The molecule has 0 fully saturated rings. The average Bonchev–Trinajstić information content (AvgIpc) is 2.83. The molecule has 0 aliphatic rings. The number of amides is 1.